The number of alkyl halides is 1. The molecule has 0 aliphatic heterocycles. The van der Waals surface area contributed by atoms with E-state index in [4.69, 9.17) is 4.74 Å². The van der Waals surface area contributed by atoms with Crippen LogP contribution in [0.25, 0.3) is 21.3 Å². The number of aromatic amines is 1. The van der Waals surface area contributed by atoms with Gasteiger partial charge in [-0.1, -0.05) is 6.07 Å². The Hall–Kier alpha value is -3.50. The van der Waals surface area contributed by atoms with Crippen molar-refractivity contribution in [2.45, 2.75) is 46.6 Å². The first-order valence-corrected chi connectivity index (χ1v) is 12.3. The van der Waals surface area contributed by atoms with Crippen molar-refractivity contribution >= 4 is 28.1 Å². The smallest absolute Gasteiger partial charge is 0.281 e. The van der Waals surface area contributed by atoms with E-state index in [0.29, 0.717) is 32.8 Å². The second kappa shape index (κ2) is 9.51. The maximum absolute atomic E-state index is 15.4. The Bertz CT molecular complexity index is 1510. The van der Waals surface area contributed by atoms with Crippen LogP contribution in [0, 0.1) is 13.8 Å². The zero-order valence-electron chi connectivity index (χ0n) is 21.0. The molecule has 4 rings (SSSR count). The van der Waals surface area contributed by atoms with Gasteiger partial charge < -0.3 is 24.7 Å². The summed E-state index contributed by atoms with van der Waals surface area (Å²) in [4.78, 5) is 33.5. The third-order valence-electron chi connectivity index (χ3n) is 5.79. The number of nitrogens with zero attached hydrogens (tertiary/aromatic N) is 2. The highest BCUT2D eigenvalue weighted by Gasteiger charge is 2.28. The number of ether oxygens (including phenoxy) is 1. The fraction of sp³-hybridized carbons (Fsp3) is 0.346. The van der Waals surface area contributed by atoms with E-state index < -0.39 is 12.0 Å². The summed E-state index contributed by atoms with van der Waals surface area (Å²) in [6, 6.07) is 5.03. The number of hydrogen-bond donors (Lipinski definition) is 3. The minimum Gasteiger partial charge on any atom is -0.453 e. The number of amides is 1. The number of rotatable bonds is 7. The average molecular weight is 513 g/mol. The Balaban J connectivity index is 1.89. The SMILES string of the molecule is CCNC(=O)c1cc2c(-c3sc(C(C)(C)O)cc3OC(F)c3ncc(C)cc3C)cn(C)c(=O)c2[nH]1. The van der Waals surface area contributed by atoms with Gasteiger partial charge in [0, 0.05) is 41.8 Å². The second-order valence-corrected chi connectivity index (χ2v) is 10.4. The molecule has 0 saturated heterocycles. The molecule has 4 aromatic heterocycles. The number of fused-ring (bicyclic) bond motifs is 1. The van der Waals surface area contributed by atoms with E-state index in [-0.39, 0.29) is 34.1 Å². The van der Waals surface area contributed by atoms with Crippen LogP contribution in [0.3, 0.4) is 0 Å². The number of H-pyrrole nitrogens is 1. The monoisotopic (exact) mass is 512 g/mol. The van der Waals surface area contributed by atoms with Gasteiger partial charge in [-0.3, -0.25) is 14.6 Å². The number of aliphatic hydroxyl groups is 1. The number of carbonyl (C=O) groups is 1. The van der Waals surface area contributed by atoms with Gasteiger partial charge in [-0.2, -0.15) is 4.39 Å². The lowest BCUT2D eigenvalue weighted by molar-refractivity contribution is 0.0615. The molecule has 0 aromatic carbocycles. The van der Waals surface area contributed by atoms with Gasteiger partial charge in [0.05, 0.1) is 10.5 Å². The van der Waals surface area contributed by atoms with Crippen molar-refractivity contribution in [1.29, 1.82) is 0 Å². The quantitative estimate of drug-likeness (QED) is 0.335. The standard InChI is InChI=1S/C26H29FN4O4S/c1-7-28-24(32)17-9-15-16(12-31(6)25(33)21(15)30-17)22-18(10-19(36-22)26(4,5)34)35-23(27)20-14(3)8-13(2)11-29-20/h8-12,23,30,34H,7H2,1-6H3,(H,28,32). The molecule has 0 fully saturated rings. The van der Waals surface area contributed by atoms with Crippen molar-refractivity contribution in [3.8, 4) is 16.2 Å². The lowest BCUT2D eigenvalue weighted by atomic mass is 10.1. The highest BCUT2D eigenvalue weighted by molar-refractivity contribution is 7.16. The topological polar surface area (TPSA) is 109 Å². The molecule has 10 heteroatoms. The third-order valence-corrected chi connectivity index (χ3v) is 7.26. The second-order valence-electron chi connectivity index (χ2n) is 9.30. The number of carbonyl (C=O) groups excluding carboxylic acids is 1. The Morgan fingerprint density at radius 3 is 2.69 bits per heavy atom. The molecule has 0 aliphatic carbocycles. The van der Waals surface area contributed by atoms with E-state index in [0.717, 1.165) is 5.56 Å². The largest absolute Gasteiger partial charge is 0.453 e. The van der Waals surface area contributed by atoms with E-state index in [1.165, 1.54) is 15.9 Å². The van der Waals surface area contributed by atoms with Crippen LogP contribution >= 0.6 is 11.3 Å². The summed E-state index contributed by atoms with van der Waals surface area (Å²) in [5.41, 5.74) is 1.25. The van der Waals surface area contributed by atoms with E-state index in [9.17, 15) is 14.7 Å². The molecule has 1 atom stereocenters. The first-order valence-electron chi connectivity index (χ1n) is 11.5. The summed E-state index contributed by atoms with van der Waals surface area (Å²) in [7, 11) is 1.60. The van der Waals surface area contributed by atoms with Crippen molar-refractivity contribution in [3.63, 3.8) is 0 Å². The van der Waals surface area contributed by atoms with Gasteiger partial charge in [-0.15, -0.1) is 11.3 Å². The zero-order valence-corrected chi connectivity index (χ0v) is 21.8. The van der Waals surface area contributed by atoms with Gasteiger partial charge in [0.15, 0.2) is 0 Å². The predicted molar refractivity (Wildman–Crippen MR) is 138 cm³/mol. The predicted octanol–water partition coefficient (Wildman–Crippen LogP) is 4.63. The van der Waals surface area contributed by atoms with Gasteiger partial charge >= 0.3 is 0 Å². The Morgan fingerprint density at radius 1 is 1.33 bits per heavy atom. The van der Waals surface area contributed by atoms with E-state index in [1.54, 1.807) is 59.3 Å². The lowest BCUT2D eigenvalue weighted by Gasteiger charge is -2.15. The number of nitrogens with one attached hydrogen (secondary N) is 2. The number of aromatic nitrogens is 3. The molecular formula is C26H29FN4O4S. The van der Waals surface area contributed by atoms with Crippen LogP contribution in [0.5, 0.6) is 5.75 Å². The van der Waals surface area contributed by atoms with Crippen LogP contribution in [0.4, 0.5) is 4.39 Å². The van der Waals surface area contributed by atoms with Gasteiger partial charge in [-0.05, 0) is 57.9 Å². The molecule has 1 amide bonds. The normalized spacial score (nSPS) is 12.7. The van der Waals surface area contributed by atoms with Crippen LogP contribution in [0.2, 0.25) is 0 Å². The summed E-state index contributed by atoms with van der Waals surface area (Å²) < 4.78 is 22.6. The minimum absolute atomic E-state index is 0.160. The van der Waals surface area contributed by atoms with Crippen molar-refractivity contribution in [1.82, 2.24) is 19.9 Å². The Labute approximate surface area is 211 Å². The van der Waals surface area contributed by atoms with E-state index >= 15 is 4.39 Å². The molecule has 1 unspecified atom stereocenters. The first-order chi connectivity index (χ1) is 16.9. The van der Waals surface area contributed by atoms with Gasteiger partial charge in [0.25, 0.3) is 17.8 Å². The fourth-order valence-electron chi connectivity index (χ4n) is 3.97. The summed E-state index contributed by atoms with van der Waals surface area (Å²) in [5.74, 6) is -0.140. The molecular weight excluding hydrogens is 483 g/mol. The summed E-state index contributed by atoms with van der Waals surface area (Å²) >= 11 is 1.23. The molecule has 8 nitrogen and oxygen atoms in total. The van der Waals surface area contributed by atoms with Gasteiger partial charge in [0.2, 0.25) is 0 Å². The molecule has 3 N–H and O–H groups in total. The Morgan fingerprint density at radius 2 is 2.06 bits per heavy atom. The highest BCUT2D eigenvalue weighted by Crippen LogP contribution is 2.45. The fourth-order valence-corrected chi connectivity index (χ4v) is 5.09. The molecule has 0 saturated carbocycles. The highest BCUT2D eigenvalue weighted by atomic mass is 32.1. The zero-order chi connectivity index (χ0) is 26.4. The maximum Gasteiger partial charge on any atom is 0.281 e. The average Bonchev–Trinajstić information content (AvgIpc) is 3.42. The number of halogens is 1. The van der Waals surface area contributed by atoms with Gasteiger partial charge in [0.1, 0.15) is 22.7 Å². The molecule has 4 heterocycles. The molecule has 0 radical (unpaired) electrons. The van der Waals surface area contributed by atoms with Gasteiger partial charge in [-0.25, -0.2) is 0 Å². The van der Waals surface area contributed by atoms with Crippen LogP contribution in [0.15, 0.2) is 35.4 Å². The first kappa shape index (κ1) is 25.6. The van der Waals surface area contributed by atoms with E-state index in [1.807, 2.05) is 13.0 Å². The van der Waals surface area contributed by atoms with Crippen LogP contribution in [-0.2, 0) is 12.6 Å². The summed E-state index contributed by atoms with van der Waals surface area (Å²) in [6.45, 7) is 9.13. The van der Waals surface area contributed by atoms with Crippen molar-refractivity contribution in [2.75, 3.05) is 6.54 Å². The van der Waals surface area contributed by atoms with E-state index in [2.05, 4.69) is 15.3 Å². The minimum atomic E-state index is -1.85. The Kier molecular flexibility index (Phi) is 6.76. The molecule has 36 heavy (non-hydrogen) atoms. The van der Waals surface area contributed by atoms with Crippen LogP contribution < -0.4 is 15.6 Å². The van der Waals surface area contributed by atoms with Crippen LogP contribution in [-0.4, -0.2) is 32.1 Å². The number of pyridine rings is 2. The van der Waals surface area contributed by atoms with Crippen molar-refractivity contribution in [2.24, 2.45) is 7.05 Å². The molecule has 190 valence electrons. The van der Waals surface area contributed by atoms with Crippen LogP contribution in [0.1, 0.15) is 59.3 Å². The molecule has 0 bridgehead atoms. The third kappa shape index (κ3) is 4.78. The maximum atomic E-state index is 15.4. The summed E-state index contributed by atoms with van der Waals surface area (Å²) in [6.07, 6.45) is 1.35. The molecule has 0 spiro atoms. The molecule has 4 aromatic rings. The number of aryl methyl sites for hydroxylation is 3. The lowest BCUT2D eigenvalue weighted by Crippen LogP contribution is -2.23. The number of hydrogen-bond acceptors (Lipinski definition) is 6. The molecule has 0 aliphatic rings. The summed E-state index contributed by atoms with van der Waals surface area (Å²) in [5, 5.41) is 13.9. The number of thiophene rings is 1. The van der Waals surface area contributed by atoms with Crippen molar-refractivity contribution in [3.05, 3.63) is 68.3 Å². The van der Waals surface area contributed by atoms with Crippen molar-refractivity contribution < 1.29 is 19.0 Å².